The van der Waals surface area contributed by atoms with Crippen molar-refractivity contribution in [2.75, 3.05) is 19.7 Å². The Kier molecular flexibility index (Phi) is 5.84. The standard InChI is InChI=1S/C23H20F2N6O5/c1-13-2-3-29-19(9-16-12-28(23(32)33)4-5-36-16)22(27-20(29)6-13)21-17(24)7-14(8-18(21)25)30-11-15(10-26-30)31(34)35/h2-3,6-8,10-11,16H,4-5,9,12H2,1H3,(H,32,33)/t16-/m0/s1. The van der Waals surface area contributed by atoms with Crippen LogP contribution in [0.5, 0.6) is 0 Å². The van der Waals surface area contributed by atoms with Crippen LogP contribution in [-0.2, 0) is 11.2 Å². The number of amides is 1. The molecule has 0 aliphatic carbocycles. The number of carbonyl (C=O) groups is 1. The van der Waals surface area contributed by atoms with Crippen molar-refractivity contribution in [3.05, 3.63) is 75.9 Å². The molecule has 4 aromatic rings. The zero-order chi connectivity index (χ0) is 25.6. The summed E-state index contributed by atoms with van der Waals surface area (Å²) in [7, 11) is 0. The SMILES string of the molecule is Cc1ccn2c(C[C@H]3CN(C(=O)O)CCO3)c(-c3c(F)cc(-n4cc([N+](=O)[O-])cn4)cc3F)nc2c1. The number of fused-ring (bicyclic) bond motifs is 1. The first-order valence-corrected chi connectivity index (χ1v) is 11.0. The average Bonchev–Trinajstić information content (AvgIpc) is 3.45. The molecule has 3 aromatic heterocycles. The summed E-state index contributed by atoms with van der Waals surface area (Å²) in [5.41, 5.74) is 1.16. The van der Waals surface area contributed by atoms with Crippen LogP contribution in [0.2, 0.25) is 0 Å². The summed E-state index contributed by atoms with van der Waals surface area (Å²) in [6.45, 7) is 2.41. The Labute approximate surface area is 202 Å². The number of carboxylic acid groups (broad SMARTS) is 1. The van der Waals surface area contributed by atoms with Crippen molar-refractivity contribution in [1.82, 2.24) is 24.1 Å². The number of halogens is 2. The molecule has 1 aromatic carbocycles. The van der Waals surface area contributed by atoms with Crippen molar-refractivity contribution in [2.45, 2.75) is 19.4 Å². The number of nitrogens with zero attached hydrogens (tertiary/aromatic N) is 6. The van der Waals surface area contributed by atoms with Gasteiger partial charge in [0.05, 0.1) is 46.8 Å². The molecule has 5 rings (SSSR count). The first-order chi connectivity index (χ1) is 17.2. The fraction of sp³-hybridized carbons (Fsp3) is 0.261. The van der Waals surface area contributed by atoms with E-state index in [1.807, 2.05) is 13.0 Å². The topological polar surface area (TPSA) is 128 Å². The molecule has 13 heteroatoms. The molecular weight excluding hydrogens is 478 g/mol. The van der Waals surface area contributed by atoms with E-state index in [-0.39, 0.29) is 48.7 Å². The number of benzene rings is 1. The van der Waals surface area contributed by atoms with E-state index in [1.54, 1.807) is 16.7 Å². The van der Waals surface area contributed by atoms with Crippen molar-refractivity contribution in [3.63, 3.8) is 0 Å². The zero-order valence-corrected chi connectivity index (χ0v) is 19.0. The molecule has 0 radical (unpaired) electrons. The molecule has 1 aliphatic heterocycles. The largest absolute Gasteiger partial charge is 0.465 e. The van der Waals surface area contributed by atoms with E-state index in [0.717, 1.165) is 34.8 Å². The van der Waals surface area contributed by atoms with Gasteiger partial charge in [-0.3, -0.25) is 10.1 Å². The van der Waals surface area contributed by atoms with Crippen LogP contribution < -0.4 is 0 Å². The van der Waals surface area contributed by atoms with Gasteiger partial charge in [-0.05, 0) is 24.6 Å². The second-order valence-electron chi connectivity index (χ2n) is 8.45. The summed E-state index contributed by atoms with van der Waals surface area (Å²) in [5.74, 6) is -1.86. The number of hydrogen-bond acceptors (Lipinski definition) is 6. The van der Waals surface area contributed by atoms with Gasteiger partial charge in [-0.15, -0.1) is 0 Å². The fourth-order valence-electron chi connectivity index (χ4n) is 4.29. The molecule has 0 spiro atoms. The minimum absolute atomic E-state index is 0.0317. The van der Waals surface area contributed by atoms with Gasteiger partial charge < -0.3 is 19.1 Å². The smallest absolute Gasteiger partial charge is 0.407 e. The number of aromatic nitrogens is 4. The normalized spacial score (nSPS) is 16.0. The van der Waals surface area contributed by atoms with Gasteiger partial charge in [-0.1, -0.05) is 0 Å². The molecule has 4 heterocycles. The number of ether oxygens (including phenoxy) is 1. The number of aryl methyl sites for hydroxylation is 1. The van der Waals surface area contributed by atoms with E-state index in [4.69, 9.17) is 4.74 Å². The molecular formula is C23H20F2N6O5. The Morgan fingerprint density at radius 2 is 2.06 bits per heavy atom. The quantitative estimate of drug-likeness (QED) is 0.329. The summed E-state index contributed by atoms with van der Waals surface area (Å²) < 4.78 is 39.3. The Morgan fingerprint density at radius 1 is 1.31 bits per heavy atom. The summed E-state index contributed by atoms with van der Waals surface area (Å²) in [5, 5.41) is 24.1. The predicted octanol–water partition coefficient (Wildman–Crippen LogP) is 3.60. The van der Waals surface area contributed by atoms with Crippen LogP contribution in [-0.4, -0.2) is 66.0 Å². The number of hydrogen-bond donors (Lipinski definition) is 1. The van der Waals surface area contributed by atoms with Gasteiger partial charge in [-0.2, -0.15) is 5.10 Å². The molecule has 1 fully saturated rings. The van der Waals surface area contributed by atoms with Crippen LogP contribution in [0.4, 0.5) is 19.3 Å². The predicted molar refractivity (Wildman–Crippen MR) is 122 cm³/mol. The van der Waals surface area contributed by atoms with Crippen molar-refractivity contribution < 1.29 is 28.3 Å². The maximum absolute atomic E-state index is 15.4. The van der Waals surface area contributed by atoms with Crippen molar-refractivity contribution >= 4 is 17.4 Å². The number of rotatable bonds is 5. The summed E-state index contributed by atoms with van der Waals surface area (Å²) in [6.07, 6.45) is 2.34. The third kappa shape index (κ3) is 4.24. The molecule has 186 valence electrons. The van der Waals surface area contributed by atoms with Crippen LogP contribution in [0.25, 0.3) is 22.6 Å². The van der Waals surface area contributed by atoms with E-state index < -0.39 is 28.8 Å². The Morgan fingerprint density at radius 3 is 2.72 bits per heavy atom. The van der Waals surface area contributed by atoms with Gasteiger partial charge in [0.1, 0.15) is 29.7 Å². The van der Waals surface area contributed by atoms with Crippen LogP contribution in [0, 0.1) is 28.7 Å². The molecule has 0 bridgehead atoms. The number of imidazole rings is 1. The first kappa shape index (κ1) is 23.4. The van der Waals surface area contributed by atoms with Gasteiger partial charge in [0.2, 0.25) is 0 Å². The maximum Gasteiger partial charge on any atom is 0.407 e. The zero-order valence-electron chi connectivity index (χ0n) is 19.0. The summed E-state index contributed by atoms with van der Waals surface area (Å²) in [4.78, 5) is 27.4. The van der Waals surface area contributed by atoms with E-state index >= 15 is 8.78 Å². The van der Waals surface area contributed by atoms with Gasteiger partial charge in [0.25, 0.3) is 0 Å². The van der Waals surface area contributed by atoms with Crippen LogP contribution in [0.1, 0.15) is 11.3 Å². The molecule has 1 saturated heterocycles. The van der Waals surface area contributed by atoms with E-state index in [2.05, 4.69) is 10.1 Å². The molecule has 1 amide bonds. The Bertz CT molecular complexity index is 1480. The Balaban J connectivity index is 1.58. The molecule has 1 aliphatic rings. The molecule has 36 heavy (non-hydrogen) atoms. The lowest BCUT2D eigenvalue weighted by Crippen LogP contribution is -2.45. The molecule has 11 nitrogen and oxygen atoms in total. The third-order valence-electron chi connectivity index (χ3n) is 6.02. The van der Waals surface area contributed by atoms with Crippen molar-refractivity contribution in [3.8, 4) is 16.9 Å². The highest BCUT2D eigenvalue weighted by Crippen LogP contribution is 2.33. The van der Waals surface area contributed by atoms with Crippen molar-refractivity contribution in [2.24, 2.45) is 0 Å². The average molecular weight is 498 g/mol. The van der Waals surface area contributed by atoms with Gasteiger partial charge >= 0.3 is 11.8 Å². The van der Waals surface area contributed by atoms with Gasteiger partial charge in [0, 0.05) is 31.3 Å². The second-order valence-corrected chi connectivity index (χ2v) is 8.45. The highest BCUT2D eigenvalue weighted by Gasteiger charge is 2.29. The van der Waals surface area contributed by atoms with Gasteiger partial charge in [0.15, 0.2) is 0 Å². The monoisotopic (exact) mass is 498 g/mol. The lowest BCUT2D eigenvalue weighted by atomic mass is 10.0. The highest BCUT2D eigenvalue weighted by atomic mass is 19.1. The summed E-state index contributed by atoms with van der Waals surface area (Å²) >= 11 is 0. The third-order valence-corrected chi connectivity index (χ3v) is 6.02. The lowest BCUT2D eigenvalue weighted by Gasteiger charge is -2.31. The first-order valence-electron chi connectivity index (χ1n) is 11.0. The highest BCUT2D eigenvalue weighted by molar-refractivity contribution is 5.69. The minimum Gasteiger partial charge on any atom is -0.465 e. The molecule has 1 N–H and O–H groups in total. The Hall–Kier alpha value is -4.39. The lowest BCUT2D eigenvalue weighted by molar-refractivity contribution is -0.384. The minimum atomic E-state index is -1.07. The second kappa shape index (κ2) is 9.00. The van der Waals surface area contributed by atoms with Gasteiger partial charge in [-0.25, -0.2) is 23.2 Å². The van der Waals surface area contributed by atoms with E-state index in [9.17, 15) is 20.0 Å². The molecule has 1 atom stereocenters. The van der Waals surface area contributed by atoms with Crippen LogP contribution in [0.15, 0.2) is 42.9 Å². The number of pyridine rings is 1. The van der Waals surface area contributed by atoms with E-state index in [0.29, 0.717) is 11.3 Å². The molecule has 0 unspecified atom stereocenters. The fourth-order valence-corrected chi connectivity index (χ4v) is 4.29. The number of morpholine rings is 1. The van der Waals surface area contributed by atoms with Crippen LogP contribution in [0.3, 0.4) is 0 Å². The maximum atomic E-state index is 15.4. The van der Waals surface area contributed by atoms with Crippen molar-refractivity contribution in [1.29, 1.82) is 0 Å². The molecule has 0 saturated carbocycles. The van der Waals surface area contributed by atoms with E-state index in [1.165, 1.54) is 4.90 Å². The number of nitro groups is 1. The van der Waals surface area contributed by atoms with Crippen LogP contribution >= 0.6 is 0 Å². The summed E-state index contributed by atoms with van der Waals surface area (Å²) in [6, 6.07) is 5.65.